The van der Waals surface area contributed by atoms with E-state index in [1.54, 1.807) is 0 Å². The summed E-state index contributed by atoms with van der Waals surface area (Å²) in [5, 5.41) is 1.04. The number of nitrogens with one attached hydrogen (secondary N) is 1. The van der Waals surface area contributed by atoms with Crippen LogP contribution in [0.4, 0.5) is 0 Å². The lowest BCUT2D eigenvalue weighted by Gasteiger charge is -2.08. The summed E-state index contributed by atoms with van der Waals surface area (Å²) in [5.41, 5.74) is 3.62. The standard InChI is InChI=1S/C17H24N2S/c1-13(2)7-6-8-14(3)11-12-20-17-18-15-9-4-5-10-16(15)19-17/h4-5,7,9-10,14H,6,8,11-12H2,1-3H3,(H,18,19)/t14-/m0/s1. The molecule has 0 spiro atoms. The number of H-pyrrole nitrogens is 1. The Balaban J connectivity index is 1.73. The average molecular weight is 288 g/mol. The normalized spacial score (nSPS) is 12.6. The highest BCUT2D eigenvalue weighted by Gasteiger charge is 2.05. The molecule has 0 saturated heterocycles. The van der Waals surface area contributed by atoms with Gasteiger partial charge in [0.2, 0.25) is 0 Å². The number of nitrogens with zero attached hydrogens (tertiary/aromatic N) is 1. The van der Waals surface area contributed by atoms with Gasteiger partial charge < -0.3 is 4.98 Å². The van der Waals surface area contributed by atoms with E-state index in [9.17, 15) is 0 Å². The van der Waals surface area contributed by atoms with Gasteiger partial charge in [0.15, 0.2) is 5.16 Å². The maximum Gasteiger partial charge on any atom is 0.166 e. The second-order valence-electron chi connectivity index (χ2n) is 5.66. The van der Waals surface area contributed by atoms with Crippen molar-refractivity contribution in [1.82, 2.24) is 9.97 Å². The molecule has 0 amide bonds. The summed E-state index contributed by atoms with van der Waals surface area (Å²) in [4.78, 5) is 7.96. The molecule has 1 aromatic heterocycles. The molecular formula is C17H24N2S. The Hall–Kier alpha value is -1.22. The number of fused-ring (bicyclic) bond motifs is 1. The molecule has 2 aromatic rings. The Bertz CT molecular complexity index is 534. The maximum absolute atomic E-state index is 4.59. The van der Waals surface area contributed by atoms with Crippen molar-refractivity contribution in [3.05, 3.63) is 35.9 Å². The van der Waals surface area contributed by atoms with Crippen molar-refractivity contribution >= 4 is 22.8 Å². The molecule has 20 heavy (non-hydrogen) atoms. The van der Waals surface area contributed by atoms with Crippen molar-refractivity contribution in [3.8, 4) is 0 Å². The molecule has 0 aliphatic carbocycles. The fourth-order valence-electron chi connectivity index (χ4n) is 2.16. The third kappa shape index (κ3) is 4.71. The number of aromatic amines is 1. The van der Waals surface area contributed by atoms with Crippen LogP contribution < -0.4 is 0 Å². The molecule has 0 unspecified atom stereocenters. The second-order valence-corrected chi connectivity index (χ2v) is 6.74. The monoisotopic (exact) mass is 288 g/mol. The van der Waals surface area contributed by atoms with Crippen LogP contribution in [0.15, 0.2) is 41.1 Å². The van der Waals surface area contributed by atoms with Crippen LogP contribution in [0.25, 0.3) is 11.0 Å². The first kappa shape index (κ1) is 15.2. The Kier molecular flexibility index (Phi) is 5.72. The number of hydrogen-bond acceptors (Lipinski definition) is 2. The SMILES string of the molecule is CC(C)=CCC[C@H](C)CCSc1nc2ccccc2[nH]1. The molecule has 0 radical (unpaired) electrons. The zero-order valence-corrected chi connectivity index (χ0v) is 13.5. The van der Waals surface area contributed by atoms with Gasteiger partial charge in [0.25, 0.3) is 0 Å². The molecule has 3 heteroatoms. The first-order valence-corrected chi connectivity index (χ1v) is 8.34. The summed E-state index contributed by atoms with van der Waals surface area (Å²) in [6.45, 7) is 6.68. The number of benzene rings is 1. The van der Waals surface area contributed by atoms with E-state index >= 15 is 0 Å². The van der Waals surface area contributed by atoms with Gasteiger partial charge in [0.1, 0.15) is 0 Å². The van der Waals surface area contributed by atoms with Gasteiger partial charge in [-0.3, -0.25) is 0 Å². The van der Waals surface area contributed by atoms with Crippen LogP contribution in [0.1, 0.15) is 40.0 Å². The Morgan fingerprint density at radius 2 is 2.10 bits per heavy atom. The number of rotatable bonds is 7. The molecule has 0 saturated carbocycles. The van der Waals surface area contributed by atoms with E-state index in [0.29, 0.717) is 0 Å². The third-order valence-corrected chi connectivity index (χ3v) is 4.34. The molecule has 2 nitrogen and oxygen atoms in total. The fourth-order valence-corrected chi connectivity index (χ4v) is 3.21. The Labute approximate surface area is 126 Å². The number of thioether (sulfide) groups is 1. The van der Waals surface area contributed by atoms with E-state index in [1.807, 2.05) is 23.9 Å². The topological polar surface area (TPSA) is 28.7 Å². The molecule has 0 bridgehead atoms. The van der Waals surface area contributed by atoms with Crippen LogP contribution in [0, 0.1) is 5.92 Å². The quantitative estimate of drug-likeness (QED) is 0.544. The number of allylic oxidation sites excluding steroid dienone is 2. The molecule has 1 aromatic carbocycles. The predicted octanol–water partition coefficient (Wildman–Crippen LogP) is 5.43. The number of imidazole rings is 1. The van der Waals surface area contributed by atoms with Crippen LogP contribution in [-0.2, 0) is 0 Å². The molecule has 0 fully saturated rings. The minimum absolute atomic E-state index is 0.780. The van der Waals surface area contributed by atoms with Crippen LogP contribution in [0.5, 0.6) is 0 Å². The highest BCUT2D eigenvalue weighted by molar-refractivity contribution is 7.99. The van der Waals surface area contributed by atoms with Crippen molar-refractivity contribution in [2.75, 3.05) is 5.75 Å². The molecule has 1 heterocycles. The van der Waals surface area contributed by atoms with Crippen LogP contribution in [0.3, 0.4) is 0 Å². The first-order chi connectivity index (χ1) is 9.65. The fraction of sp³-hybridized carbons (Fsp3) is 0.471. The molecule has 0 aliphatic rings. The minimum Gasteiger partial charge on any atom is -0.333 e. The lowest BCUT2D eigenvalue weighted by Crippen LogP contribution is -1.96. The summed E-state index contributed by atoms with van der Waals surface area (Å²) in [5.74, 6) is 1.91. The van der Waals surface area contributed by atoms with Crippen molar-refractivity contribution in [3.63, 3.8) is 0 Å². The molecule has 108 valence electrons. The van der Waals surface area contributed by atoms with Gasteiger partial charge in [0, 0.05) is 5.75 Å². The summed E-state index contributed by atoms with van der Waals surface area (Å²) in [6, 6.07) is 8.20. The summed E-state index contributed by atoms with van der Waals surface area (Å²) < 4.78 is 0. The zero-order valence-electron chi connectivity index (χ0n) is 12.6. The van der Waals surface area contributed by atoms with Gasteiger partial charge in [-0.15, -0.1) is 0 Å². The molecule has 2 rings (SSSR count). The highest BCUT2D eigenvalue weighted by Crippen LogP contribution is 2.22. The van der Waals surface area contributed by atoms with Crippen molar-refractivity contribution in [2.45, 2.75) is 45.2 Å². The summed E-state index contributed by atoms with van der Waals surface area (Å²) in [6.07, 6.45) is 6.08. The average Bonchev–Trinajstić information content (AvgIpc) is 2.80. The molecular weight excluding hydrogens is 264 g/mol. The van der Waals surface area contributed by atoms with Gasteiger partial charge in [-0.1, -0.05) is 42.5 Å². The van der Waals surface area contributed by atoms with E-state index in [2.05, 4.69) is 48.9 Å². The number of para-hydroxylation sites is 2. The lowest BCUT2D eigenvalue weighted by molar-refractivity contribution is 0.525. The number of hydrogen-bond donors (Lipinski definition) is 1. The van der Waals surface area contributed by atoms with Gasteiger partial charge in [-0.05, 0) is 51.2 Å². The van der Waals surface area contributed by atoms with E-state index in [4.69, 9.17) is 0 Å². The van der Waals surface area contributed by atoms with Crippen LogP contribution in [-0.4, -0.2) is 15.7 Å². The van der Waals surface area contributed by atoms with E-state index in [0.717, 1.165) is 27.9 Å². The first-order valence-electron chi connectivity index (χ1n) is 7.36. The van der Waals surface area contributed by atoms with Crippen LogP contribution >= 0.6 is 11.8 Å². The van der Waals surface area contributed by atoms with Crippen molar-refractivity contribution in [2.24, 2.45) is 5.92 Å². The summed E-state index contributed by atoms with van der Waals surface area (Å²) >= 11 is 1.83. The number of aromatic nitrogens is 2. The Morgan fingerprint density at radius 3 is 2.85 bits per heavy atom. The van der Waals surface area contributed by atoms with Crippen LogP contribution in [0.2, 0.25) is 0 Å². The molecule has 0 aliphatic heterocycles. The zero-order chi connectivity index (χ0) is 14.4. The van der Waals surface area contributed by atoms with Gasteiger partial charge >= 0.3 is 0 Å². The van der Waals surface area contributed by atoms with Crippen molar-refractivity contribution in [1.29, 1.82) is 0 Å². The van der Waals surface area contributed by atoms with Gasteiger partial charge in [-0.25, -0.2) is 4.98 Å². The van der Waals surface area contributed by atoms with Gasteiger partial charge in [0.05, 0.1) is 11.0 Å². The lowest BCUT2D eigenvalue weighted by atomic mass is 10.0. The molecule has 1 N–H and O–H groups in total. The van der Waals surface area contributed by atoms with E-state index < -0.39 is 0 Å². The highest BCUT2D eigenvalue weighted by atomic mass is 32.2. The smallest absolute Gasteiger partial charge is 0.166 e. The largest absolute Gasteiger partial charge is 0.333 e. The molecule has 1 atom stereocenters. The predicted molar refractivity (Wildman–Crippen MR) is 89.3 cm³/mol. The van der Waals surface area contributed by atoms with Crippen molar-refractivity contribution < 1.29 is 0 Å². The third-order valence-electron chi connectivity index (χ3n) is 3.43. The van der Waals surface area contributed by atoms with Gasteiger partial charge in [-0.2, -0.15) is 0 Å². The van der Waals surface area contributed by atoms with E-state index in [1.165, 1.54) is 24.8 Å². The maximum atomic E-state index is 4.59. The minimum atomic E-state index is 0.780. The van der Waals surface area contributed by atoms with E-state index in [-0.39, 0.29) is 0 Å². The Morgan fingerprint density at radius 1 is 1.30 bits per heavy atom. The summed E-state index contributed by atoms with van der Waals surface area (Å²) in [7, 11) is 0. The second kappa shape index (κ2) is 7.53.